The predicted octanol–water partition coefficient (Wildman–Crippen LogP) is 9.71. The van der Waals surface area contributed by atoms with Gasteiger partial charge in [0.2, 0.25) is 0 Å². The van der Waals surface area contributed by atoms with Crippen molar-refractivity contribution in [3.8, 4) is 17.2 Å². The van der Waals surface area contributed by atoms with E-state index in [-0.39, 0.29) is 33.6 Å². The fourth-order valence-electron chi connectivity index (χ4n) is 5.31. The molecule has 9 nitrogen and oxygen atoms in total. The highest BCUT2D eigenvalue weighted by Gasteiger charge is 2.26. The fourth-order valence-corrected chi connectivity index (χ4v) is 6.32. The number of rotatable bonds is 8. The van der Waals surface area contributed by atoms with E-state index in [0.29, 0.717) is 21.9 Å². The lowest BCUT2D eigenvalue weighted by Gasteiger charge is -2.34. The number of aromatic hydroxyl groups is 3. The fraction of sp³-hybridized carbons (Fsp3) is 0.341. The van der Waals surface area contributed by atoms with Gasteiger partial charge in [0, 0.05) is 17.6 Å². The Morgan fingerprint density at radius 2 is 0.929 bits per heavy atom. The van der Waals surface area contributed by atoms with Gasteiger partial charge in [0.05, 0.1) is 17.1 Å². The topological polar surface area (TPSA) is 133 Å². The Morgan fingerprint density at radius 3 is 1.32 bits per heavy atom. The Bertz CT molecular complexity index is 1920. The first-order valence-electron chi connectivity index (χ1n) is 17.7. The minimum Gasteiger partial charge on any atom is -0.503 e. The molecule has 0 heterocycles. The van der Waals surface area contributed by atoms with Crippen molar-refractivity contribution in [1.29, 1.82) is 0 Å². The SMILES string of the molecule is CC(C)(C)CC(C)(C)NC(=S)Nc1cccc(F)c1O.CC(C)(C)NC(=S)Nc1cccc(F)c1O.Oc1c(F)cccc1NC(=S)NCCc1ccccc1. The van der Waals surface area contributed by atoms with Gasteiger partial charge in [-0.1, -0.05) is 69.3 Å². The van der Waals surface area contributed by atoms with Crippen molar-refractivity contribution >= 4 is 69.1 Å². The predicted molar refractivity (Wildman–Crippen MR) is 235 cm³/mol. The summed E-state index contributed by atoms with van der Waals surface area (Å²) in [4.78, 5) is 0. The minimum atomic E-state index is -0.679. The second kappa shape index (κ2) is 21.4. The van der Waals surface area contributed by atoms with Crippen LogP contribution >= 0.6 is 36.7 Å². The number of anilines is 3. The molecule has 0 saturated heterocycles. The molecular weight excluding hydrogens is 778 g/mol. The van der Waals surface area contributed by atoms with E-state index < -0.39 is 34.7 Å². The lowest BCUT2D eigenvalue weighted by atomic mass is 9.82. The lowest BCUT2D eigenvalue weighted by Crippen LogP contribution is -2.47. The smallest absolute Gasteiger partial charge is 0.175 e. The summed E-state index contributed by atoms with van der Waals surface area (Å²) in [6, 6.07) is 22.8. The molecule has 4 aromatic rings. The minimum absolute atomic E-state index is 0.160. The lowest BCUT2D eigenvalue weighted by molar-refractivity contribution is 0.268. The first-order valence-corrected chi connectivity index (χ1v) is 18.9. The standard InChI is InChI=1S/C15H15FN2OS.C15H23FN2OS.C11H15FN2OS/c16-12-7-4-8-13(14(12)19)18-15(20)17-10-9-11-5-2-1-3-6-11;1-14(2,3)9-15(4,5)18-13(20)17-11-8-6-7-10(16)12(11)19;1-11(2,3)14-10(16)13-8-6-4-5-7(12)9(8)15/h1-8,19H,9-10H2,(H2,17,18,20);6-8,19H,9H2,1-5H3,(H2,17,18,20);4-6,15H,1-3H3,(H2,13,14,16). The Balaban J connectivity index is 0.000000292. The third-order valence-corrected chi connectivity index (χ3v) is 7.81. The quantitative estimate of drug-likeness (QED) is 0.0619. The zero-order valence-corrected chi connectivity index (χ0v) is 35.4. The summed E-state index contributed by atoms with van der Waals surface area (Å²) in [7, 11) is 0. The van der Waals surface area contributed by atoms with Crippen molar-refractivity contribution in [2.24, 2.45) is 5.41 Å². The highest BCUT2D eigenvalue weighted by Crippen LogP contribution is 2.29. The number of hydrogen-bond donors (Lipinski definition) is 9. The number of para-hydroxylation sites is 3. The Labute approximate surface area is 344 Å². The van der Waals surface area contributed by atoms with Crippen molar-refractivity contribution in [2.75, 3.05) is 22.5 Å². The van der Waals surface area contributed by atoms with Crippen LogP contribution in [0.4, 0.5) is 30.2 Å². The van der Waals surface area contributed by atoms with E-state index in [1.165, 1.54) is 42.0 Å². The van der Waals surface area contributed by atoms with E-state index in [4.69, 9.17) is 36.7 Å². The van der Waals surface area contributed by atoms with Gasteiger partial charge in [-0.25, -0.2) is 13.2 Å². The van der Waals surface area contributed by atoms with Gasteiger partial charge >= 0.3 is 0 Å². The molecule has 9 N–H and O–H groups in total. The summed E-state index contributed by atoms with van der Waals surface area (Å²) in [5.41, 5.74) is 1.74. The summed E-state index contributed by atoms with van der Waals surface area (Å²) in [5, 5.41) is 47.1. The number of phenolic OH excluding ortho intramolecular Hbond substituents is 3. The number of phenols is 3. The maximum absolute atomic E-state index is 13.2. The molecule has 4 rings (SSSR count). The number of halogens is 3. The van der Waals surface area contributed by atoms with Crippen LogP contribution in [-0.4, -0.2) is 48.3 Å². The maximum Gasteiger partial charge on any atom is 0.175 e. The highest BCUT2D eigenvalue weighted by atomic mass is 32.1. The summed E-state index contributed by atoms with van der Waals surface area (Å²) in [6.07, 6.45) is 1.74. The van der Waals surface area contributed by atoms with Crippen LogP contribution < -0.4 is 31.9 Å². The first kappa shape index (κ1) is 47.3. The number of benzene rings is 4. The Morgan fingerprint density at radius 1 is 0.536 bits per heavy atom. The molecule has 0 unspecified atom stereocenters. The van der Waals surface area contributed by atoms with Crippen LogP contribution in [0.15, 0.2) is 84.9 Å². The number of thiocarbonyl (C=S) groups is 3. The van der Waals surface area contributed by atoms with Gasteiger partial charge in [-0.15, -0.1) is 0 Å². The monoisotopic (exact) mass is 830 g/mol. The normalized spacial score (nSPS) is 11.1. The van der Waals surface area contributed by atoms with Crippen LogP contribution in [-0.2, 0) is 6.42 Å². The highest BCUT2D eigenvalue weighted by molar-refractivity contribution is 7.80. The molecule has 0 spiro atoms. The zero-order chi connectivity index (χ0) is 42.3. The number of hydrogen-bond acceptors (Lipinski definition) is 6. The van der Waals surface area contributed by atoms with Crippen LogP contribution in [0.25, 0.3) is 0 Å². The van der Waals surface area contributed by atoms with Gasteiger partial charge in [-0.2, -0.15) is 0 Å². The van der Waals surface area contributed by atoms with Crippen molar-refractivity contribution in [3.63, 3.8) is 0 Å². The van der Waals surface area contributed by atoms with Crippen LogP contribution in [0.3, 0.4) is 0 Å². The van der Waals surface area contributed by atoms with Crippen molar-refractivity contribution in [3.05, 3.63) is 108 Å². The molecule has 0 aliphatic rings. The average molecular weight is 831 g/mol. The van der Waals surface area contributed by atoms with E-state index >= 15 is 0 Å². The molecule has 0 amide bonds. The molecule has 0 aromatic heterocycles. The van der Waals surface area contributed by atoms with Crippen LogP contribution in [0, 0.1) is 22.9 Å². The molecule has 0 aliphatic carbocycles. The molecule has 0 fully saturated rings. The second-order valence-electron chi connectivity index (χ2n) is 15.6. The van der Waals surface area contributed by atoms with Gasteiger partial charge < -0.3 is 47.2 Å². The van der Waals surface area contributed by atoms with Crippen molar-refractivity contribution in [1.82, 2.24) is 16.0 Å². The van der Waals surface area contributed by atoms with E-state index in [2.05, 4.69) is 66.5 Å². The molecule has 4 aromatic carbocycles. The third kappa shape index (κ3) is 18.2. The Hall–Kier alpha value is -4.86. The van der Waals surface area contributed by atoms with E-state index in [1.807, 2.05) is 51.1 Å². The van der Waals surface area contributed by atoms with Gasteiger partial charge in [0.15, 0.2) is 50.0 Å². The van der Waals surface area contributed by atoms with Gasteiger partial charge in [0.25, 0.3) is 0 Å². The molecule has 56 heavy (non-hydrogen) atoms. The third-order valence-electron chi connectivity index (χ3n) is 7.16. The molecule has 15 heteroatoms. The second-order valence-corrected chi connectivity index (χ2v) is 16.8. The molecular formula is C41H53F3N6O3S3. The zero-order valence-electron chi connectivity index (χ0n) is 32.9. The van der Waals surface area contributed by atoms with E-state index in [1.54, 1.807) is 18.2 Å². The van der Waals surface area contributed by atoms with Crippen LogP contribution in [0.1, 0.15) is 67.4 Å². The van der Waals surface area contributed by atoms with Crippen molar-refractivity contribution < 1.29 is 28.5 Å². The van der Waals surface area contributed by atoms with Crippen molar-refractivity contribution in [2.45, 2.75) is 79.3 Å². The van der Waals surface area contributed by atoms with Gasteiger partial charge in [-0.05, 0) is 131 Å². The molecule has 304 valence electrons. The van der Waals surface area contributed by atoms with E-state index in [9.17, 15) is 28.5 Å². The maximum atomic E-state index is 13.2. The number of nitrogens with one attached hydrogen (secondary N) is 6. The summed E-state index contributed by atoms with van der Waals surface area (Å²) < 4.78 is 39.4. The molecule has 0 radical (unpaired) electrons. The molecule has 0 bridgehead atoms. The van der Waals surface area contributed by atoms with Crippen LogP contribution in [0.5, 0.6) is 17.2 Å². The average Bonchev–Trinajstić information content (AvgIpc) is 3.06. The summed E-state index contributed by atoms with van der Waals surface area (Å²) in [5.74, 6) is -3.32. The first-order chi connectivity index (χ1) is 26.0. The van der Waals surface area contributed by atoms with Gasteiger partial charge in [-0.3, -0.25) is 0 Å². The largest absolute Gasteiger partial charge is 0.503 e. The van der Waals surface area contributed by atoms with Gasteiger partial charge in [0.1, 0.15) is 0 Å². The molecule has 0 saturated carbocycles. The summed E-state index contributed by atoms with van der Waals surface area (Å²) >= 11 is 15.4. The van der Waals surface area contributed by atoms with E-state index in [0.717, 1.165) is 12.8 Å². The molecule has 0 aliphatic heterocycles. The summed E-state index contributed by atoms with van der Waals surface area (Å²) in [6.45, 7) is 17.1. The van der Waals surface area contributed by atoms with Crippen LogP contribution in [0.2, 0.25) is 0 Å². The Kier molecular flexibility index (Phi) is 18.1. The molecule has 0 atom stereocenters.